The van der Waals surface area contributed by atoms with Gasteiger partial charge in [0, 0.05) is 12.2 Å². The fourth-order valence-corrected chi connectivity index (χ4v) is 2.18. The highest BCUT2D eigenvalue weighted by Gasteiger charge is 2.07. The summed E-state index contributed by atoms with van der Waals surface area (Å²) in [6.07, 6.45) is 11.7. The highest BCUT2D eigenvalue weighted by Crippen LogP contribution is 2.18. The summed E-state index contributed by atoms with van der Waals surface area (Å²) in [5, 5.41) is 3.32. The highest BCUT2D eigenvalue weighted by atomic mass is 14.9. The molecular weight excluding hydrogens is 218 g/mol. The van der Waals surface area contributed by atoms with Crippen molar-refractivity contribution in [3.05, 3.63) is 47.7 Å². The van der Waals surface area contributed by atoms with E-state index >= 15 is 0 Å². The largest absolute Gasteiger partial charge is 0.385 e. The van der Waals surface area contributed by atoms with Gasteiger partial charge in [-0.2, -0.15) is 0 Å². The summed E-state index contributed by atoms with van der Waals surface area (Å²) in [5.41, 5.74) is 5.29. The van der Waals surface area contributed by atoms with E-state index in [4.69, 9.17) is 0 Å². The van der Waals surface area contributed by atoms with Gasteiger partial charge in [0.05, 0.1) is 0 Å². The molecule has 0 aromatic carbocycles. The lowest BCUT2D eigenvalue weighted by molar-refractivity contribution is 0.669. The van der Waals surface area contributed by atoms with E-state index in [2.05, 4.69) is 44.5 Å². The number of piperidine rings is 1. The van der Waals surface area contributed by atoms with E-state index < -0.39 is 0 Å². The number of allylic oxidation sites excluding steroid dienone is 5. The maximum atomic E-state index is 4.05. The Morgan fingerprint density at radius 2 is 2.11 bits per heavy atom. The molecule has 0 bridgehead atoms. The van der Waals surface area contributed by atoms with Crippen LogP contribution in [0.4, 0.5) is 0 Å². The first-order valence-electron chi connectivity index (χ1n) is 7.02. The first-order chi connectivity index (χ1) is 8.59. The number of rotatable bonds is 6. The zero-order valence-corrected chi connectivity index (χ0v) is 12.0. The second-order valence-electron chi connectivity index (χ2n) is 5.34. The Morgan fingerprint density at radius 1 is 1.33 bits per heavy atom. The van der Waals surface area contributed by atoms with Gasteiger partial charge >= 0.3 is 0 Å². The maximum absolute atomic E-state index is 4.05. The van der Waals surface area contributed by atoms with Crippen molar-refractivity contribution < 1.29 is 0 Å². The Balaban J connectivity index is 2.31. The van der Waals surface area contributed by atoms with Crippen LogP contribution in [-0.2, 0) is 0 Å². The first-order valence-corrected chi connectivity index (χ1v) is 7.02. The third-order valence-corrected chi connectivity index (χ3v) is 3.35. The van der Waals surface area contributed by atoms with Crippen LogP contribution >= 0.6 is 0 Å². The summed E-state index contributed by atoms with van der Waals surface area (Å²) in [6, 6.07) is 0. The third-order valence-electron chi connectivity index (χ3n) is 3.35. The van der Waals surface area contributed by atoms with E-state index in [0.29, 0.717) is 0 Å². The van der Waals surface area contributed by atoms with Gasteiger partial charge in [0.25, 0.3) is 0 Å². The van der Waals surface area contributed by atoms with Crippen molar-refractivity contribution in [1.29, 1.82) is 0 Å². The molecule has 0 radical (unpaired) electrons. The van der Waals surface area contributed by atoms with Crippen molar-refractivity contribution >= 4 is 0 Å². The van der Waals surface area contributed by atoms with Crippen molar-refractivity contribution in [2.75, 3.05) is 6.54 Å². The smallest absolute Gasteiger partial charge is 0.0296 e. The molecule has 0 amide bonds. The quantitative estimate of drug-likeness (QED) is 0.657. The molecule has 1 N–H and O–H groups in total. The van der Waals surface area contributed by atoms with E-state index in [1.54, 1.807) is 0 Å². The van der Waals surface area contributed by atoms with Gasteiger partial charge in [-0.15, -0.1) is 6.58 Å². The fraction of sp³-hybridized carbons (Fsp3) is 0.529. The van der Waals surface area contributed by atoms with Crippen LogP contribution in [0.25, 0.3) is 0 Å². The number of nitrogens with one attached hydrogen (secondary N) is 1. The monoisotopic (exact) mass is 245 g/mol. The van der Waals surface area contributed by atoms with Gasteiger partial charge in [-0.3, -0.25) is 0 Å². The molecule has 0 aliphatic carbocycles. The Morgan fingerprint density at radius 3 is 2.78 bits per heavy atom. The Hall–Kier alpha value is -1.24. The molecule has 1 aliphatic heterocycles. The molecule has 1 nitrogen and oxygen atoms in total. The van der Waals surface area contributed by atoms with Crippen LogP contribution in [-0.4, -0.2) is 6.54 Å². The van der Waals surface area contributed by atoms with Gasteiger partial charge < -0.3 is 5.32 Å². The molecule has 1 aliphatic rings. The van der Waals surface area contributed by atoms with Gasteiger partial charge in [0.15, 0.2) is 0 Å². The van der Waals surface area contributed by atoms with Crippen LogP contribution in [0.1, 0.15) is 52.4 Å². The SMILES string of the molecule is C=C(C)CCC/C(C)=C/C/C=C1/CCCNC1=C. The third kappa shape index (κ3) is 5.90. The van der Waals surface area contributed by atoms with Gasteiger partial charge in [-0.25, -0.2) is 0 Å². The van der Waals surface area contributed by atoms with Crippen molar-refractivity contribution in [3.63, 3.8) is 0 Å². The lowest BCUT2D eigenvalue weighted by atomic mass is 10.0. The van der Waals surface area contributed by atoms with E-state index in [1.807, 2.05) is 0 Å². The zero-order chi connectivity index (χ0) is 13.4. The molecule has 1 fully saturated rings. The molecule has 100 valence electrons. The number of hydrogen-bond acceptors (Lipinski definition) is 1. The van der Waals surface area contributed by atoms with Gasteiger partial charge in [0.1, 0.15) is 0 Å². The molecule has 18 heavy (non-hydrogen) atoms. The Kier molecular flexibility index (Phi) is 6.56. The fourth-order valence-electron chi connectivity index (χ4n) is 2.18. The average molecular weight is 245 g/mol. The van der Waals surface area contributed by atoms with Crippen LogP contribution in [0, 0.1) is 0 Å². The summed E-state index contributed by atoms with van der Waals surface area (Å²) in [5.74, 6) is 0. The topological polar surface area (TPSA) is 12.0 Å². The van der Waals surface area contributed by atoms with E-state index in [0.717, 1.165) is 25.1 Å². The summed E-state index contributed by atoms with van der Waals surface area (Å²) in [6.45, 7) is 13.4. The lowest BCUT2D eigenvalue weighted by Crippen LogP contribution is -2.20. The van der Waals surface area contributed by atoms with Crippen molar-refractivity contribution in [3.8, 4) is 0 Å². The van der Waals surface area contributed by atoms with Crippen molar-refractivity contribution in [2.45, 2.75) is 52.4 Å². The molecule has 1 saturated heterocycles. The first kappa shape index (κ1) is 14.8. The van der Waals surface area contributed by atoms with Crippen molar-refractivity contribution in [1.82, 2.24) is 5.32 Å². The number of hydrogen-bond donors (Lipinski definition) is 1. The summed E-state index contributed by atoms with van der Waals surface area (Å²) >= 11 is 0. The lowest BCUT2D eigenvalue weighted by Gasteiger charge is -2.19. The molecule has 0 saturated carbocycles. The normalized spacial score (nSPS) is 18.9. The molecule has 1 rings (SSSR count). The second-order valence-corrected chi connectivity index (χ2v) is 5.34. The van der Waals surface area contributed by atoms with Crippen molar-refractivity contribution in [2.24, 2.45) is 0 Å². The molecule has 1 heterocycles. The van der Waals surface area contributed by atoms with Crippen LogP contribution in [0.3, 0.4) is 0 Å². The molecule has 1 heteroatoms. The predicted octanol–water partition coefficient (Wildman–Crippen LogP) is 4.89. The maximum Gasteiger partial charge on any atom is 0.0296 e. The average Bonchev–Trinajstić information content (AvgIpc) is 2.31. The van der Waals surface area contributed by atoms with Crippen LogP contribution in [0.15, 0.2) is 47.7 Å². The molecule has 0 unspecified atom stereocenters. The van der Waals surface area contributed by atoms with E-state index in [-0.39, 0.29) is 0 Å². The van der Waals surface area contributed by atoms with Crippen LogP contribution in [0.5, 0.6) is 0 Å². The molecule has 0 spiro atoms. The van der Waals surface area contributed by atoms with Gasteiger partial charge in [-0.05, 0) is 57.9 Å². The van der Waals surface area contributed by atoms with Gasteiger partial charge in [0.2, 0.25) is 0 Å². The minimum absolute atomic E-state index is 1.04. The summed E-state index contributed by atoms with van der Waals surface area (Å²) < 4.78 is 0. The predicted molar refractivity (Wildman–Crippen MR) is 81.5 cm³/mol. The summed E-state index contributed by atoms with van der Waals surface area (Å²) in [7, 11) is 0. The van der Waals surface area contributed by atoms with E-state index in [9.17, 15) is 0 Å². The molecular formula is C17H27N. The molecule has 0 aromatic rings. The minimum atomic E-state index is 1.04. The zero-order valence-electron chi connectivity index (χ0n) is 12.0. The Labute approximate surface area is 112 Å². The van der Waals surface area contributed by atoms with E-state index in [1.165, 1.54) is 42.4 Å². The minimum Gasteiger partial charge on any atom is -0.385 e. The second kappa shape index (κ2) is 7.97. The molecule has 0 atom stereocenters. The van der Waals surface area contributed by atoms with Crippen LogP contribution < -0.4 is 5.32 Å². The Bertz CT molecular complexity index is 358. The van der Waals surface area contributed by atoms with Crippen LogP contribution in [0.2, 0.25) is 0 Å². The highest BCUT2D eigenvalue weighted by molar-refractivity contribution is 5.29. The standard InChI is InChI=1S/C17H27N/c1-14(2)8-5-9-15(3)10-6-11-17-12-7-13-18-16(17)4/h10-11,18H,1,4-9,12-13H2,2-3H3/b15-10+,17-11-. The molecule has 0 aromatic heterocycles. The summed E-state index contributed by atoms with van der Waals surface area (Å²) in [4.78, 5) is 0. The van der Waals surface area contributed by atoms with Gasteiger partial charge in [-0.1, -0.05) is 29.9 Å².